The van der Waals surface area contributed by atoms with Gasteiger partial charge in [0.05, 0.1) is 0 Å². The van der Waals surface area contributed by atoms with E-state index in [1.807, 2.05) is 0 Å². The van der Waals surface area contributed by atoms with Crippen LogP contribution in [0.5, 0.6) is 0 Å². The first-order valence-corrected chi connectivity index (χ1v) is 7.69. The Morgan fingerprint density at radius 2 is 2.21 bits per heavy atom. The maximum absolute atomic E-state index is 3.64. The van der Waals surface area contributed by atoms with E-state index in [9.17, 15) is 0 Å². The molecule has 4 rings (SSSR count). The second-order valence-corrected chi connectivity index (χ2v) is 6.94. The first-order valence-electron chi connectivity index (χ1n) is 7.69. The fourth-order valence-corrected chi connectivity index (χ4v) is 4.90. The second-order valence-electron chi connectivity index (χ2n) is 6.94. The van der Waals surface area contributed by atoms with Crippen LogP contribution in [0.2, 0.25) is 0 Å². The number of nitrogens with one attached hydrogen (secondary N) is 1. The van der Waals surface area contributed by atoms with E-state index in [1.54, 1.807) is 22.4 Å². The molecule has 0 aromatic rings. The highest BCUT2D eigenvalue weighted by Crippen LogP contribution is 2.55. The van der Waals surface area contributed by atoms with Gasteiger partial charge in [0.15, 0.2) is 0 Å². The summed E-state index contributed by atoms with van der Waals surface area (Å²) in [6.07, 6.45) is 8.51. The van der Waals surface area contributed by atoms with Crippen molar-refractivity contribution in [3.05, 3.63) is 34.6 Å². The van der Waals surface area contributed by atoms with Crippen LogP contribution in [0.4, 0.5) is 0 Å². The fraction of sp³-hybridized carbons (Fsp3) is 0.647. The number of fused-ring (bicyclic) bond motifs is 1. The summed E-state index contributed by atoms with van der Waals surface area (Å²) in [6, 6.07) is 0.705. The minimum Gasteiger partial charge on any atom is -0.374 e. The molecule has 0 saturated carbocycles. The lowest BCUT2D eigenvalue weighted by Gasteiger charge is -2.47. The van der Waals surface area contributed by atoms with Gasteiger partial charge >= 0.3 is 0 Å². The molecule has 19 heavy (non-hydrogen) atoms. The molecule has 2 heterocycles. The van der Waals surface area contributed by atoms with Crippen molar-refractivity contribution in [3.63, 3.8) is 0 Å². The van der Waals surface area contributed by atoms with E-state index in [-0.39, 0.29) is 0 Å². The standard InChI is InChI=1S/C17H24N2/c1-11-16-9-13-12-5-4-8-18-10-17(11,2)14(12)6-7-15(13)19(16)3/h4-5,11,16,18H,6-10H2,1-3H3. The molecule has 0 aromatic carbocycles. The van der Waals surface area contributed by atoms with Crippen LogP contribution in [0.3, 0.4) is 0 Å². The Labute approximate surface area is 116 Å². The van der Waals surface area contributed by atoms with Gasteiger partial charge in [-0.05, 0) is 36.3 Å². The Balaban J connectivity index is 2.00. The lowest BCUT2D eigenvalue weighted by atomic mass is 9.65. The third kappa shape index (κ3) is 1.36. The lowest BCUT2D eigenvalue weighted by Crippen LogP contribution is -2.48. The van der Waals surface area contributed by atoms with Crippen molar-refractivity contribution >= 4 is 0 Å². The topological polar surface area (TPSA) is 15.3 Å². The largest absolute Gasteiger partial charge is 0.374 e. The zero-order chi connectivity index (χ0) is 13.2. The highest BCUT2D eigenvalue weighted by atomic mass is 15.2. The summed E-state index contributed by atoms with van der Waals surface area (Å²) in [4.78, 5) is 2.60. The van der Waals surface area contributed by atoms with Crippen molar-refractivity contribution in [2.24, 2.45) is 11.3 Å². The maximum Gasteiger partial charge on any atom is 0.0359 e. The van der Waals surface area contributed by atoms with Crippen LogP contribution >= 0.6 is 0 Å². The number of rotatable bonds is 0. The van der Waals surface area contributed by atoms with Crippen molar-refractivity contribution in [1.29, 1.82) is 0 Å². The Kier molecular flexibility index (Phi) is 2.33. The maximum atomic E-state index is 3.64. The van der Waals surface area contributed by atoms with E-state index in [1.165, 1.54) is 19.3 Å². The number of likely N-dealkylation sites (tertiary alicyclic amines) is 1. The van der Waals surface area contributed by atoms with Gasteiger partial charge in [-0.1, -0.05) is 31.6 Å². The Morgan fingerprint density at radius 3 is 3.05 bits per heavy atom. The van der Waals surface area contributed by atoms with E-state index in [4.69, 9.17) is 0 Å². The predicted molar refractivity (Wildman–Crippen MR) is 78.7 cm³/mol. The van der Waals surface area contributed by atoms with Gasteiger partial charge in [-0.15, -0.1) is 0 Å². The van der Waals surface area contributed by atoms with Crippen molar-refractivity contribution in [2.45, 2.75) is 39.2 Å². The van der Waals surface area contributed by atoms with Crippen LogP contribution in [0, 0.1) is 11.3 Å². The molecule has 0 fully saturated rings. The smallest absolute Gasteiger partial charge is 0.0359 e. The first kappa shape index (κ1) is 11.8. The normalized spacial score (nSPS) is 40.7. The molecule has 3 atom stereocenters. The molecular formula is C17H24N2. The number of hydrogen-bond donors (Lipinski definition) is 1. The highest BCUT2D eigenvalue weighted by molar-refractivity contribution is 5.55. The zero-order valence-corrected chi connectivity index (χ0v) is 12.3. The number of nitrogens with zero attached hydrogens (tertiary/aromatic N) is 1. The van der Waals surface area contributed by atoms with Crippen LogP contribution < -0.4 is 5.32 Å². The number of allylic oxidation sites excluding steroid dienone is 3. The monoisotopic (exact) mass is 256 g/mol. The molecule has 3 unspecified atom stereocenters. The Morgan fingerprint density at radius 1 is 1.37 bits per heavy atom. The molecule has 2 heteroatoms. The van der Waals surface area contributed by atoms with E-state index in [0.29, 0.717) is 11.5 Å². The Hall–Kier alpha value is -1.02. The minimum atomic E-state index is 0.326. The molecule has 2 aliphatic heterocycles. The SMILES string of the molecule is CC1C2CC3=C(CCC4=C3C=CCNCC41C)N2C. The summed E-state index contributed by atoms with van der Waals surface area (Å²) in [5.41, 5.74) is 6.97. The van der Waals surface area contributed by atoms with Crippen LogP contribution in [-0.2, 0) is 0 Å². The molecule has 0 spiro atoms. The fourth-order valence-electron chi connectivity index (χ4n) is 4.90. The van der Waals surface area contributed by atoms with Crippen molar-refractivity contribution in [3.8, 4) is 0 Å². The van der Waals surface area contributed by atoms with Crippen molar-refractivity contribution < 1.29 is 0 Å². The van der Waals surface area contributed by atoms with E-state index >= 15 is 0 Å². The molecule has 2 nitrogen and oxygen atoms in total. The van der Waals surface area contributed by atoms with E-state index in [2.05, 4.69) is 43.3 Å². The molecule has 5 bridgehead atoms. The van der Waals surface area contributed by atoms with Gasteiger partial charge in [-0.3, -0.25) is 0 Å². The van der Waals surface area contributed by atoms with Crippen LogP contribution in [0.15, 0.2) is 34.6 Å². The summed E-state index contributed by atoms with van der Waals surface area (Å²) >= 11 is 0. The van der Waals surface area contributed by atoms with Crippen LogP contribution in [-0.4, -0.2) is 31.1 Å². The molecule has 0 radical (unpaired) electrons. The molecule has 0 aromatic heterocycles. The molecule has 2 aliphatic carbocycles. The van der Waals surface area contributed by atoms with Gasteiger partial charge in [-0.2, -0.15) is 0 Å². The second kappa shape index (κ2) is 3.76. The van der Waals surface area contributed by atoms with Gasteiger partial charge in [0.1, 0.15) is 0 Å². The summed E-state index contributed by atoms with van der Waals surface area (Å²) in [5.74, 6) is 0.719. The van der Waals surface area contributed by atoms with Gasteiger partial charge in [0.25, 0.3) is 0 Å². The van der Waals surface area contributed by atoms with E-state index < -0.39 is 0 Å². The summed E-state index contributed by atoms with van der Waals surface area (Å²) in [7, 11) is 2.32. The zero-order valence-electron chi connectivity index (χ0n) is 12.3. The number of hydrogen-bond acceptors (Lipinski definition) is 2. The van der Waals surface area contributed by atoms with Gasteiger partial charge in [-0.25, -0.2) is 0 Å². The summed E-state index contributed by atoms with van der Waals surface area (Å²) < 4.78 is 0. The summed E-state index contributed by atoms with van der Waals surface area (Å²) in [6.45, 7) is 7.12. The van der Waals surface area contributed by atoms with E-state index in [0.717, 1.165) is 19.0 Å². The van der Waals surface area contributed by atoms with Crippen LogP contribution in [0.25, 0.3) is 0 Å². The third-order valence-electron chi connectivity index (χ3n) is 6.26. The van der Waals surface area contributed by atoms with Crippen molar-refractivity contribution in [2.75, 3.05) is 20.1 Å². The molecular weight excluding hydrogens is 232 g/mol. The highest BCUT2D eigenvalue weighted by Gasteiger charge is 2.50. The lowest BCUT2D eigenvalue weighted by molar-refractivity contribution is 0.126. The first-order chi connectivity index (χ1) is 9.13. The molecule has 0 amide bonds. The molecule has 0 saturated heterocycles. The third-order valence-corrected chi connectivity index (χ3v) is 6.26. The van der Waals surface area contributed by atoms with Crippen molar-refractivity contribution in [1.82, 2.24) is 10.2 Å². The van der Waals surface area contributed by atoms with Gasteiger partial charge in [0, 0.05) is 37.3 Å². The average Bonchev–Trinajstić information content (AvgIpc) is 2.69. The predicted octanol–water partition coefficient (Wildman–Crippen LogP) is 2.85. The Bertz CT molecular complexity index is 525. The summed E-state index contributed by atoms with van der Waals surface area (Å²) in [5, 5.41) is 3.64. The van der Waals surface area contributed by atoms with Gasteiger partial charge in [0.2, 0.25) is 0 Å². The van der Waals surface area contributed by atoms with Gasteiger partial charge < -0.3 is 10.2 Å². The van der Waals surface area contributed by atoms with Crippen LogP contribution in [0.1, 0.15) is 33.1 Å². The average molecular weight is 256 g/mol. The molecule has 1 N–H and O–H groups in total. The minimum absolute atomic E-state index is 0.326. The molecule has 102 valence electrons. The quantitative estimate of drug-likeness (QED) is 0.717. The molecule has 4 aliphatic rings.